The van der Waals surface area contributed by atoms with E-state index in [0.29, 0.717) is 0 Å². The minimum atomic E-state index is -1.43. The van der Waals surface area contributed by atoms with Gasteiger partial charge >= 0.3 is 29.6 Å². The summed E-state index contributed by atoms with van der Waals surface area (Å²) < 4.78 is 15.8. The summed E-state index contributed by atoms with van der Waals surface area (Å²) in [7, 11) is 0. The molecule has 0 N–H and O–H groups in total. The second kappa shape index (κ2) is 6.92. The number of hydrogen-bond acceptors (Lipinski definition) is 3. The second-order valence-electron chi connectivity index (χ2n) is 1.10. The first-order chi connectivity index (χ1) is 4.22. The van der Waals surface area contributed by atoms with Crippen LogP contribution in [0, 0.1) is 13.1 Å². The number of carbonyl (C=O) groups excluding carboxylic acids is 2. The second-order valence-corrected chi connectivity index (χ2v) is 1.10. The molecule has 0 unspecified atom stereocenters. The summed E-state index contributed by atoms with van der Waals surface area (Å²) in [6, 6.07) is 0. The fraction of sp³-hybridized carbons (Fsp3) is 0.200. The SMILES string of the molecule is [CH2+]COC(=O)[C-](F)C=O.[Na+]. The van der Waals surface area contributed by atoms with Gasteiger partial charge in [-0.1, -0.05) is 6.17 Å². The number of halogens is 1. The molecule has 0 aromatic heterocycles. The molecular weight excluding hydrogens is 150 g/mol. The normalized spacial score (nSPS) is 7.30. The van der Waals surface area contributed by atoms with Crippen LogP contribution >= 0.6 is 0 Å². The van der Waals surface area contributed by atoms with Crippen molar-refractivity contribution in [2.45, 2.75) is 0 Å². The molecule has 0 atom stereocenters. The smallest absolute Gasteiger partial charge is 0.445 e. The van der Waals surface area contributed by atoms with E-state index in [1.807, 2.05) is 0 Å². The van der Waals surface area contributed by atoms with E-state index >= 15 is 0 Å². The van der Waals surface area contributed by atoms with Crippen LogP contribution in [-0.4, -0.2) is 18.9 Å². The first-order valence-electron chi connectivity index (χ1n) is 2.16. The van der Waals surface area contributed by atoms with Crippen molar-refractivity contribution < 1.29 is 48.3 Å². The zero-order valence-corrected chi connectivity index (χ0v) is 7.59. The molecule has 0 aromatic carbocycles. The minimum Gasteiger partial charge on any atom is -0.445 e. The van der Waals surface area contributed by atoms with Gasteiger partial charge in [-0.25, -0.2) is 0 Å². The standard InChI is InChI=1S/C5H5FO3.Na/c1-2-9-5(8)4(6)3-7;/h3H,1-2H2;/q;+1. The van der Waals surface area contributed by atoms with Crippen LogP contribution in [-0.2, 0) is 14.3 Å². The molecule has 0 bridgehead atoms. The Bertz CT molecular complexity index is 117. The average Bonchev–Trinajstić information content (AvgIpc) is 1.87. The van der Waals surface area contributed by atoms with E-state index < -0.39 is 12.1 Å². The molecule has 0 radical (unpaired) electrons. The Morgan fingerprint density at radius 3 is 2.60 bits per heavy atom. The molecule has 5 heteroatoms. The number of esters is 1. The predicted molar refractivity (Wildman–Crippen MR) is 26.7 cm³/mol. The Labute approximate surface area is 80.2 Å². The van der Waals surface area contributed by atoms with Crippen LogP contribution in [0.5, 0.6) is 0 Å². The van der Waals surface area contributed by atoms with Crippen LogP contribution in [0.4, 0.5) is 4.39 Å². The van der Waals surface area contributed by atoms with E-state index in [-0.39, 0.29) is 42.5 Å². The van der Waals surface area contributed by atoms with Gasteiger partial charge in [0.05, 0.1) is 0 Å². The Kier molecular flexibility index (Phi) is 8.64. The van der Waals surface area contributed by atoms with Gasteiger partial charge in [0.1, 0.15) is 6.92 Å². The summed E-state index contributed by atoms with van der Waals surface area (Å²) in [5.74, 6) is -1.26. The fourth-order valence-corrected chi connectivity index (χ4v) is 0.210. The summed E-state index contributed by atoms with van der Waals surface area (Å²) in [4.78, 5) is 19.6. The zero-order valence-electron chi connectivity index (χ0n) is 5.59. The van der Waals surface area contributed by atoms with Gasteiger partial charge in [-0.2, -0.15) is 0 Å². The van der Waals surface area contributed by atoms with Crippen LogP contribution in [0.25, 0.3) is 0 Å². The summed E-state index contributed by atoms with van der Waals surface area (Å²) in [6.45, 7) is 2.92. The third-order valence-electron chi connectivity index (χ3n) is 0.532. The van der Waals surface area contributed by atoms with Crippen LogP contribution in [0.15, 0.2) is 0 Å². The molecule has 0 fully saturated rings. The third-order valence-corrected chi connectivity index (χ3v) is 0.532. The molecule has 0 saturated carbocycles. The Hall–Kier alpha value is -0.190. The predicted octanol–water partition coefficient (Wildman–Crippen LogP) is -2.93. The van der Waals surface area contributed by atoms with Crippen molar-refractivity contribution in [2.75, 3.05) is 6.61 Å². The fourth-order valence-electron chi connectivity index (χ4n) is 0.210. The Balaban J connectivity index is 0. The van der Waals surface area contributed by atoms with Crippen molar-refractivity contribution in [1.82, 2.24) is 0 Å². The monoisotopic (exact) mass is 155 g/mol. The van der Waals surface area contributed by atoms with Gasteiger partial charge in [0.2, 0.25) is 12.6 Å². The molecule has 0 spiro atoms. The molecular formula is C5H5FNaO3+. The van der Waals surface area contributed by atoms with Crippen LogP contribution in [0.1, 0.15) is 0 Å². The van der Waals surface area contributed by atoms with Crippen molar-refractivity contribution in [3.05, 3.63) is 13.1 Å². The van der Waals surface area contributed by atoms with Gasteiger partial charge in [0.15, 0.2) is 0 Å². The van der Waals surface area contributed by atoms with Crippen molar-refractivity contribution in [3.8, 4) is 0 Å². The number of rotatable bonds is 3. The number of carbonyl (C=O) groups is 2. The van der Waals surface area contributed by atoms with Crippen molar-refractivity contribution >= 4 is 12.3 Å². The van der Waals surface area contributed by atoms with Crippen molar-refractivity contribution in [3.63, 3.8) is 0 Å². The summed E-state index contributed by atoms with van der Waals surface area (Å²) >= 11 is 0. The number of ether oxygens (including phenoxy) is 1. The van der Waals surface area contributed by atoms with Gasteiger partial charge in [-0.15, -0.1) is 0 Å². The van der Waals surface area contributed by atoms with E-state index in [0.717, 1.165) is 0 Å². The zero-order chi connectivity index (χ0) is 7.28. The molecule has 0 aliphatic rings. The number of aldehydes is 1. The first-order valence-corrected chi connectivity index (χ1v) is 2.16. The topological polar surface area (TPSA) is 43.4 Å². The molecule has 0 rings (SSSR count). The summed E-state index contributed by atoms with van der Waals surface area (Å²) in [5, 5.41) is 0. The molecule has 10 heavy (non-hydrogen) atoms. The van der Waals surface area contributed by atoms with Gasteiger partial charge in [-0.05, 0) is 0 Å². The quantitative estimate of drug-likeness (QED) is 0.144. The molecule has 0 amide bonds. The Morgan fingerprint density at radius 2 is 2.30 bits per heavy atom. The molecule has 0 aliphatic heterocycles. The van der Waals surface area contributed by atoms with Gasteiger partial charge in [0, 0.05) is 6.29 Å². The molecule has 50 valence electrons. The van der Waals surface area contributed by atoms with E-state index in [1.165, 1.54) is 0 Å². The summed E-state index contributed by atoms with van der Waals surface area (Å²) in [6.07, 6.45) is -1.64. The molecule has 0 aromatic rings. The maximum Gasteiger partial charge on any atom is 1.00 e. The average molecular weight is 155 g/mol. The molecule has 0 saturated heterocycles. The third kappa shape index (κ3) is 4.67. The van der Waals surface area contributed by atoms with Gasteiger partial charge < -0.3 is 13.9 Å². The van der Waals surface area contributed by atoms with Crippen LogP contribution < -0.4 is 29.6 Å². The molecule has 0 aliphatic carbocycles. The maximum atomic E-state index is 11.8. The Morgan fingerprint density at radius 1 is 1.80 bits per heavy atom. The molecule has 0 heterocycles. The van der Waals surface area contributed by atoms with Crippen molar-refractivity contribution in [1.29, 1.82) is 0 Å². The summed E-state index contributed by atoms with van der Waals surface area (Å²) in [5.41, 5.74) is 0. The van der Waals surface area contributed by atoms with E-state index in [9.17, 15) is 14.0 Å². The van der Waals surface area contributed by atoms with Crippen LogP contribution in [0.3, 0.4) is 0 Å². The largest absolute Gasteiger partial charge is 1.00 e. The number of hydrogen-bond donors (Lipinski definition) is 0. The van der Waals surface area contributed by atoms with E-state index in [1.54, 1.807) is 0 Å². The van der Waals surface area contributed by atoms with E-state index in [4.69, 9.17) is 0 Å². The molecule has 3 nitrogen and oxygen atoms in total. The maximum absolute atomic E-state index is 11.8. The minimum absolute atomic E-state index is 0. The van der Waals surface area contributed by atoms with Gasteiger partial charge in [-0.3, -0.25) is 4.79 Å². The van der Waals surface area contributed by atoms with E-state index in [2.05, 4.69) is 11.7 Å². The van der Waals surface area contributed by atoms with Gasteiger partial charge in [0.25, 0.3) is 0 Å². The van der Waals surface area contributed by atoms with Crippen LogP contribution in [0.2, 0.25) is 0 Å². The first kappa shape index (κ1) is 12.5. The van der Waals surface area contributed by atoms with Crippen molar-refractivity contribution in [2.24, 2.45) is 0 Å².